The van der Waals surface area contributed by atoms with E-state index in [0.717, 1.165) is 0 Å². The molecule has 0 saturated heterocycles. The maximum absolute atomic E-state index is 12.7. The van der Waals surface area contributed by atoms with Crippen LogP contribution in [-0.2, 0) is 21.4 Å². The average Bonchev–Trinajstić information content (AvgIpc) is 2.65. The fourth-order valence-corrected chi connectivity index (χ4v) is 3.82. The topological polar surface area (TPSA) is 147 Å². The van der Waals surface area contributed by atoms with Crippen LogP contribution in [0.5, 0.6) is 0 Å². The zero-order valence-corrected chi connectivity index (χ0v) is 16.4. The molecule has 154 valence electrons. The van der Waals surface area contributed by atoms with Gasteiger partial charge in [0.2, 0.25) is 0 Å². The Kier molecular flexibility index (Phi) is 6.54. The molecule has 0 aliphatic heterocycles. The molecule has 0 aliphatic rings. The minimum absolute atomic E-state index is 0.0639. The lowest BCUT2D eigenvalue weighted by Gasteiger charge is -2.26. The smallest absolute Gasteiger partial charge is 0.332 e. The number of hydrogen-bond donors (Lipinski definition) is 2. The maximum Gasteiger partial charge on any atom is 0.332 e. The van der Waals surface area contributed by atoms with E-state index in [2.05, 4.69) is 0 Å². The largest absolute Gasteiger partial charge is 0.480 e. The van der Waals surface area contributed by atoms with Crippen molar-refractivity contribution in [3.05, 3.63) is 69.8 Å². The van der Waals surface area contributed by atoms with Crippen molar-refractivity contribution in [3.8, 4) is 0 Å². The van der Waals surface area contributed by atoms with Crippen LogP contribution in [0.15, 0.2) is 53.4 Å². The summed E-state index contributed by atoms with van der Waals surface area (Å²) in [5, 5.41) is 20.5. The van der Waals surface area contributed by atoms with Crippen LogP contribution < -0.4 is 4.72 Å². The first-order valence-electron chi connectivity index (χ1n) is 8.38. The minimum Gasteiger partial charge on any atom is -0.480 e. The zero-order chi connectivity index (χ0) is 21.8. The van der Waals surface area contributed by atoms with E-state index in [1.807, 2.05) is 4.72 Å². The second kappa shape index (κ2) is 8.69. The fourth-order valence-electron chi connectivity index (χ4n) is 2.61. The molecule has 2 aromatic carbocycles. The minimum atomic E-state index is -4.28. The molecule has 2 aromatic rings. The number of nitro groups is 1. The number of nitrogens with zero attached hydrogens (tertiary/aromatic N) is 2. The number of aliphatic carboxylic acids is 1. The van der Waals surface area contributed by atoms with Crippen LogP contribution >= 0.6 is 0 Å². The van der Waals surface area contributed by atoms with E-state index in [1.165, 1.54) is 43.3 Å². The molecule has 11 heteroatoms. The molecule has 0 unspecified atom stereocenters. The van der Waals surface area contributed by atoms with Gasteiger partial charge >= 0.3 is 12.0 Å². The summed E-state index contributed by atoms with van der Waals surface area (Å²) in [4.78, 5) is 35.2. The number of hydrogen-bond acceptors (Lipinski definition) is 6. The third-order valence-corrected chi connectivity index (χ3v) is 5.70. The van der Waals surface area contributed by atoms with E-state index in [-0.39, 0.29) is 16.1 Å². The Balaban J connectivity index is 2.38. The van der Waals surface area contributed by atoms with Crippen LogP contribution in [0.3, 0.4) is 0 Å². The van der Waals surface area contributed by atoms with Gasteiger partial charge in [0, 0.05) is 11.6 Å². The summed E-state index contributed by atoms with van der Waals surface area (Å²) < 4.78 is 27.0. The second-order valence-electron chi connectivity index (χ2n) is 6.20. The van der Waals surface area contributed by atoms with Crippen molar-refractivity contribution in [1.82, 2.24) is 9.62 Å². The number of amides is 2. The lowest BCUT2D eigenvalue weighted by Crippen LogP contribution is -2.49. The second-order valence-corrected chi connectivity index (χ2v) is 7.85. The average molecular weight is 421 g/mol. The fraction of sp³-hybridized carbons (Fsp3) is 0.222. The molecule has 0 aromatic heterocycles. The number of carboxylic acids is 1. The Bertz CT molecular complexity index is 1050. The first kappa shape index (κ1) is 21.8. The number of rotatable bonds is 7. The Morgan fingerprint density at radius 3 is 2.34 bits per heavy atom. The van der Waals surface area contributed by atoms with Crippen molar-refractivity contribution < 1.29 is 28.0 Å². The van der Waals surface area contributed by atoms with E-state index >= 15 is 0 Å². The van der Waals surface area contributed by atoms with Crippen LogP contribution in [-0.4, -0.2) is 41.4 Å². The number of carbonyl (C=O) groups is 2. The lowest BCUT2D eigenvalue weighted by molar-refractivity contribution is -0.385. The summed E-state index contributed by atoms with van der Waals surface area (Å²) in [5.74, 6) is -1.40. The number of aryl methyl sites for hydroxylation is 1. The molecule has 0 radical (unpaired) electrons. The van der Waals surface area contributed by atoms with E-state index in [0.29, 0.717) is 10.5 Å². The first-order valence-corrected chi connectivity index (χ1v) is 9.87. The molecule has 0 spiro atoms. The lowest BCUT2D eigenvalue weighted by atomic mass is 10.1. The third kappa shape index (κ3) is 5.08. The standard InChI is InChI=1S/C18H19N3O7S/c1-12-7-3-6-10-16(12)29(27,28)19-18(24)20(13(2)17(22)23)11-14-8-4-5-9-15(14)21(25)26/h3-10,13H,11H2,1-2H3,(H,19,24)(H,22,23)/t13-/m0/s1. The van der Waals surface area contributed by atoms with E-state index in [4.69, 9.17) is 0 Å². The molecule has 2 N–H and O–H groups in total. The number of benzene rings is 2. The molecule has 0 fully saturated rings. The summed E-state index contributed by atoms with van der Waals surface area (Å²) in [6, 6.07) is 8.80. The zero-order valence-electron chi connectivity index (χ0n) is 15.6. The Morgan fingerprint density at radius 2 is 1.76 bits per heavy atom. The van der Waals surface area contributed by atoms with Gasteiger partial charge in [-0.3, -0.25) is 10.1 Å². The van der Waals surface area contributed by atoms with Gasteiger partial charge in [0.15, 0.2) is 0 Å². The molecule has 1 atom stereocenters. The van der Waals surface area contributed by atoms with Gasteiger partial charge in [0.25, 0.3) is 15.7 Å². The van der Waals surface area contributed by atoms with E-state index < -0.39 is 39.5 Å². The summed E-state index contributed by atoms with van der Waals surface area (Å²) in [7, 11) is -4.28. The van der Waals surface area contributed by atoms with Crippen LogP contribution in [0.1, 0.15) is 18.1 Å². The number of para-hydroxylation sites is 1. The molecule has 2 amide bonds. The van der Waals surface area contributed by atoms with E-state index in [9.17, 15) is 33.2 Å². The maximum atomic E-state index is 12.7. The molecule has 0 heterocycles. The predicted molar refractivity (Wildman–Crippen MR) is 103 cm³/mol. The highest BCUT2D eigenvalue weighted by Crippen LogP contribution is 2.21. The van der Waals surface area contributed by atoms with Crippen LogP contribution in [0.4, 0.5) is 10.5 Å². The van der Waals surface area contributed by atoms with Gasteiger partial charge in [-0.25, -0.2) is 22.7 Å². The van der Waals surface area contributed by atoms with Gasteiger partial charge < -0.3 is 10.0 Å². The normalized spacial score (nSPS) is 12.1. The van der Waals surface area contributed by atoms with Gasteiger partial charge in [-0.2, -0.15) is 0 Å². The van der Waals surface area contributed by atoms with Crippen molar-refractivity contribution in [1.29, 1.82) is 0 Å². The number of carboxylic acid groups (broad SMARTS) is 1. The Hall–Kier alpha value is -3.47. The monoisotopic (exact) mass is 421 g/mol. The highest BCUT2D eigenvalue weighted by atomic mass is 32.2. The van der Waals surface area contributed by atoms with Crippen LogP contribution in [0, 0.1) is 17.0 Å². The highest BCUT2D eigenvalue weighted by Gasteiger charge is 2.31. The molecule has 2 rings (SSSR count). The Labute approximate surface area is 167 Å². The highest BCUT2D eigenvalue weighted by molar-refractivity contribution is 7.90. The first-order chi connectivity index (χ1) is 13.5. The molecule has 0 saturated carbocycles. The summed E-state index contributed by atoms with van der Waals surface area (Å²) in [6.45, 7) is 2.25. The van der Waals surface area contributed by atoms with Gasteiger partial charge in [-0.1, -0.05) is 36.4 Å². The van der Waals surface area contributed by atoms with Crippen molar-refractivity contribution in [2.75, 3.05) is 0 Å². The number of urea groups is 1. The predicted octanol–water partition coefficient (Wildman–Crippen LogP) is 2.28. The third-order valence-electron chi connectivity index (χ3n) is 4.22. The van der Waals surface area contributed by atoms with Gasteiger partial charge in [-0.15, -0.1) is 0 Å². The number of nitrogens with one attached hydrogen (secondary N) is 1. The van der Waals surface area contributed by atoms with E-state index in [1.54, 1.807) is 19.1 Å². The Morgan fingerprint density at radius 1 is 1.17 bits per heavy atom. The molecular weight excluding hydrogens is 402 g/mol. The van der Waals surface area contributed by atoms with Crippen molar-refractivity contribution in [2.24, 2.45) is 0 Å². The van der Waals surface area contributed by atoms with Gasteiger partial charge in [0.1, 0.15) is 6.04 Å². The summed E-state index contributed by atoms with van der Waals surface area (Å²) in [6.07, 6.45) is 0. The van der Waals surface area contributed by atoms with Gasteiger partial charge in [0.05, 0.1) is 16.4 Å². The molecule has 29 heavy (non-hydrogen) atoms. The van der Waals surface area contributed by atoms with Crippen molar-refractivity contribution in [3.63, 3.8) is 0 Å². The SMILES string of the molecule is Cc1ccccc1S(=O)(=O)NC(=O)N(Cc1ccccc1[N+](=O)[O-])[C@@H](C)C(=O)O. The van der Waals surface area contributed by atoms with Crippen molar-refractivity contribution in [2.45, 2.75) is 31.3 Å². The number of sulfonamides is 1. The molecule has 0 aliphatic carbocycles. The van der Waals surface area contributed by atoms with Gasteiger partial charge in [-0.05, 0) is 25.5 Å². The molecule has 10 nitrogen and oxygen atoms in total. The molecule has 0 bridgehead atoms. The number of carbonyl (C=O) groups excluding carboxylic acids is 1. The summed E-state index contributed by atoms with van der Waals surface area (Å²) >= 11 is 0. The summed E-state index contributed by atoms with van der Waals surface area (Å²) in [5.41, 5.74) is 0.142. The quantitative estimate of drug-likeness (QED) is 0.515. The molecular formula is C18H19N3O7S. The number of nitro benzene ring substituents is 1. The van der Waals surface area contributed by atoms with Crippen LogP contribution in [0.2, 0.25) is 0 Å². The van der Waals surface area contributed by atoms with Crippen LogP contribution in [0.25, 0.3) is 0 Å². The van der Waals surface area contributed by atoms with Crippen molar-refractivity contribution >= 4 is 27.7 Å².